The molecule has 4 rings (SSSR count). The fourth-order valence-corrected chi connectivity index (χ4v) is 4.41. The number of hydrogen-bond acceptors (Lipinski definition) is 10. The molecule has 0 saturated carbocycles. The number of carbonyl (C=O) groups is 1. The highest BCUT2D eigenvalue weighted by Crippen LogP contribution is 2.37. The summed E-state index contributed by atoms with van der Waals surface area (Å²) in [6, 6.07) is 7.52. The average Bonchev–Trinajstić information content (AvgIpc) is 3.18. The monoisotopic (exact) mass is 495 g/mol. The second-order valence-electron chi connectivity index (χ2n) is 9.15. The van der Waals surface area contributed by atoms with Gasteiger partial charge in [-0.05, 0) is 40.0 Å². The Morgan fingerprint density at radius 2 is 2.06 bits per heavy atom. The van der Waals surface area contributed by atoms with Gasteiger partial charge in [-0.2, -0.15) is 0 Å². The number of benzene rings is 1. The predicted octanol–water partition coefficient (Wildman–Crippen LogP) is 2.68. The third-order valence-electron chi connectivity index (χ3n) is 6.30. The molecule has 3 aromatic rings. The number of anilines is 1. The first-order valence-electron chi connectivity index (χ1n) is 12.0. The Hall–Kier alpha value is -3.50. The van der Waals surface area contributed by atoms with Crippen LogP contribution < -0.4 is 15.0 Å². The predicted molar refractivity (Wildman–Crippen MR) is 135 cm³/mol. The first-order chi connectivity index (χ1) is 17.3. The Morgan fingerprint density at radius 1 is 1.28 bits per heavy atom. The van der Waals surface area contributed by atoms with Crippen molar-refractivity contribution >= 4 is 11.8 Å². The van der Waals surface area contributed by atoms with E-state index in [0.717, 1.165) is 33.9 Å². The largest absolute Gasteiger partial charge is 0.491 e. The lowest BCUT2D eigenvalue weighted by molar-refractivity contribution is -0.141. The zero-order valence-corrected chi connectivity index (χ0v) is 21.4. The van der Waals surface area contributed by atoms with Crippen LogP contribution in [0.4, 0.5) is 5.82 Å². The van der Waals surface area contributed by atoms with E-state index in [1.165, 1.54) is 7.11 Å². The highest BCUT2D eigenvalue weighted by atomic mass is 16.5. The number of esters is 1. The number of aliphatic hydroxyl groups excluding tert-OH is 1. The van der Waals surface area contributed by atoms with Crippen LogP contribution in [0.3, 0.4) is 0 Å². The highest BCUT2D eigenvalue weighted by Gasteiger charge is 2.32. The van der Waals surface area contributed by atoms with E-state index in [1.807, 2.05) is 45.0 Å². The highest BCUT2D eigenvalue weighted by molar-refractivity contribution is 5.76. The standard InChI is InChI=1S/C26H33N5O5/c1-15-24(23-16(2)30-36-17(23)3)28-25(29-26(15)31-12-18(13-31)9-22(33)34-5)19-7-6-8-21(10-19)35-14-20(32)11-27-4/h6-8,10,18,20,27,32H,9,11-14H2,1-5H3. The normalized spacial score (nSPS) is 14.4. The van der Waals surface area contributed by atoms with Gasteiger partial charge in [0.05, 0.1) is 30.5 Å². The Kier molecular flexibility index (Phi) is 7.85. The number of likely N-dealkylation sites (N-methyl/N-ethyl adjacent to an activating group) is 1. The minimum absolute atomic E-state index is 0.171. The maximum Gasteiger partial charge on any atom is 0.305 e. The molecule has 2 aromatic heterocycles. The molecule has 1 saturated heterocycles. The lowest BCUT2D eigenvalue weighted by atomic mass is 9.95. The number of methoxy groups -OCH3 is 1. The molecule has 0 amide bonds. The average molecular weight is 496 g/mol. The van der Waals surface area contributed by atoms with Crippen LogP contribution in [0.2, 0.25) is 0 Å². The Bertz CT molecular complexity index is 1200. The Balaban J connectivity index is 1.68. The van der Waals surface area contributed by atoms with Crippen molar-refractivity contribution in [3.63, 3.8) is 0 Å². The second kappa shape index (κ2) is 11.0. The molecular weight excluding hydrogens is 462 g/mol. The third kappa shape index (κ3) is 5.50. The zero-order valence-electron chi connectivity index (χ0n) is 21.4. The van der Waals surface area contributed by atoms with Crippen molar-refractivity contribution in [2.24, 2.45) is 5.92 Å². The van der Waals surface area contributed by atoms with Crippen molar-refractivity contribution in [1.29, 1.82) is 0 Å². The van der Waals surface area contributed by atoms with E-state index >= 15 is 0 Å². The van der Waals surface area contributed by atoms with E-state index in [1.54, 1.807) is 7.05 Å². The zero-order chi connectivity index (χ0) is 25.8. The Labute approximate surface area is 210 Å². The minimum atomic E-state index is -0.614. The van der Waals surface area contributed by atoms with Gasteiger partial charge in [0, 0.05) is 36.7 Å². The number of nitrogens with one attached hydrogen (secondary N) is 1. The smallest absolute Gasteiger partial charge is 0.305 e. The minimum Gasteiger partial charge on any atom is -0.491 e. The van der Waals surface area contributed by atoms with Crippen molar-refractivity contribution in [1.82, 2.24) is 20.4 Å². The van der Waals surface area contributed by atoms with Crippen molar-refractivity contribution in [2.45, 2.75) is 33.3 Å². The molecule has 1 unspecified atom stereocenters. The summed E-state index contributed by atoms with van der Waals surface area (Å²) in [5.74, 6) is 2.69. The van der Waals surface area contributed by atoms with E-state index in [4.69, 9.17) is 24.0 Å². The number of nitrogens with zero attached hydrogens (tertiary/aromatic N) is 4. The fraction of sp³-hybridized carbons (Fsp3) is 0.462. The van der Waals surface area contributed by atoms with Gasteiger partial charge in [-0.15, -0.1) is 0 Å². The van der Waals surface area contributed by atoms with Crippen LogP contribution in [0.1, 0.15) is 23.4 Å². The summed E-state index contributed by atoms with van der Waals surface area (Å²) in [6.45, 7) is 7.79. The molecule has 192 valence electrons. The molecule has 36 heavy (non-hydrogen) atoms. The topological polar surface area (TPSA) is 123 Å². The van der Waals surface area contributed by atoms with E-state index in [-0.39, 0.29) is 18.5 Å². The van der Waals surface area contributed by atoms with Crippen LogP contribution in [0.25, 0.3) is 22.6 Å². The van der Waals surface area contributed by atoms with Gasteiger partial charge in [0.1, 0.15) is 30.0 Å². The summed E-state index contributed by atoms with van der Waals surface area (Å²) < 4.78 is 16.0. The van der Waals surface area contributed by atoms with Crippen LogP contribution in [-0.4, -0.2) is 72.7 Å². The van der Waals surface area contributed by atoms with Crippen molar-refractivity contribution in [3.05, 3.63) is 41.3 Å². The van der Waals surface area contributed by atoms with Crippen LogP contribution >= 0.6 is 0 Å². The lowest BCUT2D eigenvalue weighted by Gasteiger charge is -2.40. The number of aryl methyl sites for hydroxylation is 2. The maximum atomic E-state index is 11.7. The first-order valence-corrected chi connectivity index (χ1v) is 12.0. The van der Waals surface area contributed by atoms with Crippen molar-refractivity contribution in [2.75, 3.05) is 45.3 Å². The summed E-state index contributed by atoms with van der Waals surface area (Å²) >= 11 is 0. The lowest BCUT2D eigenvalue weighted by Crippen LogP contribution is -2.48. The molecule has 1 aliphatic heterocycles. The molecule has 10 nitrogen and oxygen atoms in total. The van der Waals surface area contributed by atoms with Crippen molar-refractivity contribution < 1.29 is 23.9 Å². The van der Waals surface area contributed by atoms with Gasteiger partial charge in [0.15, 0.2) is 5.82 Å². The SMILES string of the molecule is CNCC(O)COc1cccc(-c2nc(-c3c(C)noc3C)c(C)c(N3CC(CC(=O)OC)C3)n2)c1. The van der Waals surface area contributed by atoms with Crippen LogP contribution in [0.5, 0.6) is 5.75 Å². The number of aromatic nitrogens is 3. The van der Waals surface area contributed by atoms with Gasteiger partial charge in [0.25, 0.3) is 0 Å². The molecule has 0 bridgehead atoms. The molecule has 10 heteroatoms. The van der Waals surface area contributed by atoms with Gasteiger partial charge in [-0.25, -0.2) is 9.97 Å². The third-order valence-corrected chi connectivity index (χ3v) is 6.30. The van der Waals surface area contributed by atoms with Gasteiger partial charge in [-0.3, -0.25) is 4.79 Å². The number of carbonyl (C=O) groups excluding carboxylic acids is 1. The van der Waals surface area contributed by atoms with E-state index in [9.17, 15) is 9.90 Å². The number of aliphatic hydroxyl groups is 1. The molecule has 0 spiro atoms. The summed E-state index contributed by atoms with van der Waals surface area (Å²) in [5, 5.41) is 17.0. The molecule has 2 N–H and O–H groups in total. The van der Waals surface area contributed by atoms with E-state index in [0.29, 0.717) is 43.4 Å². The first kappa shape index (κ1) is 25.6. The summed E-state index contributed by atoms with van der Waals surface area (Å²) in [5.41, 5.74) is 4.09. The second-order valence-corrected chi connectivity index (χ2v) is 9.15. The van der Waals surface area contributed by atoms with Gasteiger partial charge < -0.3 is 29.3 Å². The Morgan fingerprint density at radius 3 is 2.72 bits per heavy atom. The molecule has 0 aliphatic carbocycles. The molecule has 0 radical (unpaired) electrons. The van der Waals surface area contributed by atoms with Gasteiger partial charge >= 0.3 is 5.97 Å². The van der Waals surface area contributed by atoms with Gasteiger partial charge in [-0.1, -0.05) is 17.3 Å². The molecule has 3 heterocycles. The molecule has 1 aliphatic rings. The van der Waals surface area contributed by atoms with E-state index in [2.05, 4.69) is 15.4 Å². The number of ether oxygens (including phenoxy) is 2. The molecule has 1 atom stereocenters. The summed E-state index contributed by atoms with van der Waals surface area (Å²) in [7, 11) is 3.19. The summed E-state index contributed by atoms with van der Waals surface area (Å²) in [4.78, 5) is 23.7. The molecule has 1 aromatic carbocycles. The number of hydrogen-bond donors (Lipinski definition) is 2. The maximum absolute atomic E-state index is 11.7. The fourth-order valence-electron chi connectivity index (χ4n) is 4.41. The van der Waals surface area contributed by atoms with Crippen molar-refractivity contribution in [3.8, 4) is 28.4 Å². The van der Waals surface area contributed by atoms with Crippen LogP contribution in [-0.2, 0) is 9.53 Å². The summed E-state index contributed by atoms with van der Waals surface area (Å²) in [6.07, 6.45) is -0.226. The van der Waals surface area contributed by atoms with Crippen LogP contribution in [0, 0.1) is 26.7 Å². The number of rotatable bonds is 10. The quantitative estimate of drug-likeness (QED) is 0.406. The van der Waals surface area contributed by atoms with E-state index < -0.39 is 6.10 Å². The molecule has 1 fully saturated rings. The van der Waals surface area contributed by atoms with Gasteiger partial charge in [0.2, 0.25) is 0 Å². The molecular formula is C26H33N5O5. The van der Waals surface area contributed by atoms with Crippen LogP contribution in [0.15, 0.2) is 28.8 Å².